The van der Waals surface area contributed by atoms with Crippen molar-refractivity contribution in [3.8, 4) is 0 Å². The van der Waals surface area contributed by atoms with Crippen LogP contribution >= 0.6 is 0 Å². The fourth-order valence-electron chi connectivity index (χ4n) is 2.21. The highest BCUT2D eigenvalue weighted by Gasteiger charge is 2.24. The molecule has 0 saturated carbocycles. The second-order valence-corrected chi connectivity index (χ2v) is 6.77. The number of aliphatic carboxylic acids is 1. The van der Waals surface area contributed by atoms with E-state index in [2.05, 4.69) is 20.9 Å². The third-order valence-electron chi connectivity index (χ3n) is 4.31. The number of carbonyl (C=O) groups is 4. The lowest BCUT2D eigenvalue weighted by Crippen LogP contribution is -2.53. The Morgan fingerprint density at radius 3 is 2.21 bits per heavy atom. The minimum absolute atomic E-state index is 0.0392. The summed E-state index contributed by atoms with van der Waals surface area (Å²) in [5.74, 6) is -3.09. The molecule has 166 valence electrons. The van der Waals surface area contributed by atoms with Crippen molar-refractivity contribution >= 4 is 29.7 Å². The topological polar surface area (TPSA) is 215 Å². The predicted octanol–water partition coefficient (Wildman–Crippen LogP) is -2.40. The molecule has 4 atom stereocenters. The van der Waals surface area contributed by atoms with Gasteiger partial charge in [-0.15, -0.1) is 0 Å². The number of nitrogens with one attached hydrogen (secondary N) is 3. The van der Waals surface area contributed by atoms with Crippen molar-refractivity contribution in [3.05, 3.63) is 0 Å². The zero-order valence-corrected chi connectivity index (χ0v) is 17.1. The summed E-state index contributed by atoms with van der Waals surface area (Å²) >= 11 is 0. The number of carbonyl (C=O) groups excluding carboxylic acids is 3. The number of hydrogen-bond acceptors (Lipinski definition) is 6. The first-order valence-electron chi connectivity index (χ1n) is 9.40. The largest absolute Gasteiger partial charge is 0.480 e. The molecule has 0 aromatic carbocycles. The quantitative estimate of drug-likeness (QED) is 0.0975. The van der Waals surface area contributed by atoms with Gasteiger partial charge in [0.2, 0.25) is 17.7 Å². The lowest BCUT2D eigenvalue weighted by atomic mass is 9.99. The van der Waals surface area contributed by atoms with E-state index in [1.54, 1.807) is 0 Å². The van der Waals surface area contributed by atoms with Crippen LogP contribution in [0.25, 0.3) is 0 Å². The molecule has 0 heterocycles. The van der Waals surface area contributed by atoms with Crippen LogP contribution in [0.2, 0.25) is 0 Å². The van der Waals surface area contributed by atoms with Gasteiger partial charge in [0, 0.05) is 6.54 Å². The van der Waals surface area contributed by atoms with Gasteiger partial charge in [-0.2, -0.15) is 0 Å². The van der Waals surface area contributed by atoms with Crippen LogP contribution in [0.5, 0.6) is 0 Å². The number of nitrogens with two attached hydrogens (primary N) is 3. The first-order chi connectivity index (χ1) is 13.5. The van der Waals surface area contributed by atoms with Crippen molar-refractivity contribution in [2.75, 3.05) is 13.1 Å². The maximum Gasteiger partial charge on any atom is 0.326 e. The number of nitrogens with zero attached hydrogens (tertiary/aromatic N) is 1. The SMILES string of the molecule is CCC(C)C(N)C(=O)NCC(=O)NC(C)C(=O)NC(CCCN=C(N)N)C(=O)O. The lowest BCUT2D eigenvalue weighted by molar-refractivity contribution is -0.142. The molecule has 0 aliphatic carbocycles. The molecule has 12 heteroatoms. The molecule has 0 aliphatic heterocycles. The number of hydrogen-bond donors (Lipinski definition) is 7. The molecule has 0 saturated heterocycles. The molecule has 0 aromatic rings. The van der Waals surface area contributed by atoms with Crippen LogP contribution in [0.4, 0.5) is 0 Å². The van der Waals surface area contributed by atoms with Crippen LogP contribution in [0.1, 0.15) is 40.0 Å². The van der Waals surface area contributed by atoms with E-state index >= 15 is 0 Å². The van der Waals surface area contributed by atoms with Gasteiger partial charge in [0.25, 0.3) is 0 Å². The van der Waals surface area contributed by atoms with Gasteiger partial charge >= 0.3 is 5.97 Å². The summed E-state index contributed by atoms with van der Waals surface area (Å²) in [5, 5.41) is 16.4. The molecule has 0 fully saturated rings. The second-order valence-electron chi connectivity index (χ2n) is 6.77. The molecule has 0 aliphatic rings. The normalized spacial score (nSPS) is 14.6. The highest BCUT2D eigenvalue weighted by atomic mass is 16.4. The van der Waals surface area contributed by atoms with Gasteiger partial charge in [0.15, 0.2) is 5.96 Å². The Kier molecular flexibility index (Phi) is 12.0. The van der Waals surface area contributed by atoms with Crippen molar-refractivity contribution < 1.29 is 24.3 Å². The van der Waals surface area contributed by atoms with Gasteiger partial charge in [0.1, 0.15) is 12.1 Å². The molecule has 0 aromatic heterocycles. The van der Waals surface area contributed by atoms with E-state index in [0.717, 1.165) is 0 Å². The summed E-state index contributed by atoms with van der Waals surface area (Å²) in [6.07, 6.45) is 1.18. The predicted molar refractivity (Wildman–Crippen MR) is 108 cm³/mol. The molecule has 0 radical (unpaired) electrons. The molecular weight excluding hydrogens is 382 g/mol. The van der Waals surface area contributed by atoms with E-state index in [1.807, 2.05) is 13.8 Å². The van der Waals surface area contributed by atoms with Crippen molar-refractivity contribution in [3.63, 3.8) is 0 Å². The maximum atomic E-state index is 12.1. The van der Waals surface area contributed by atoms with Crippen LogP contribution < -0.4 is 33.2 Å². The summed E-state index contributed by atoms with van der Waals surface area (Å²) in [6.45, 7) is 5.01. The average Bonchev–Trinajstić information content (AvgIpc) is 2.66. The molecule has 0 bridgehead atoms. The molecule has 0 spiro atoms. The zero-order valence-electron chi connectivity index (χ0n) is 17.1. The average molecular weight is 415 g/mol. The zero-order chi connectivity index (χ0) is 22.6. The third-order valence-corrected chi connectivity index (χ3v) is 4.31. The van der Waals surface area contributed by atoms with E-state index in [9.17, 15) is 24.3 Å². The first-order valence-corrected chi connectivity index (χ1v) is 9.40. The summed E-state index contributed by atoms with van der Waals surface area (Å²) in [6, 6.07) is -2.88. The molecule has 4 unspecified atom stereocenters. The van der Waals surface area contributed by atoms with Crippen LogP contribution in [-0.2, 0) is 19.2 Å². The Labute approximate surface area is 170 Å². The lowest BCUT2D eigenvalue weighted by Gasteiger charge is -2.20. The number of carboxylic acids is 1. The Balaban J connectivity index is 4.47. The fraction of sp³-hybridized carbons (Fsp3) is 0.706. The fourth-order valence-corrected chi connectivity index (χ4v) is 2.21. The number of rotatable bonds is 13. The van der Waals surface area contributed by atoms with Gasteiger partial charge < -0.3 is 38.3 Å². The van der Waals surface area contributed by atoms with Crippen molar-refractivity contribution in [1.29, 1.82) is 0 Å². The maximum absolute atomic E-state index is 12.1. The molecule has 0 rings (SSSR count). The smallest absolute Gasteiger partial charge is 0.326 e. The van der Waals surface area contributed by atoms with Crippen molar-refractivity contribution in [2.45, 2.75) is 58.2 Å². The van der Waals surface area contributed by atoms with Crippen LogP contribution in [-0.4, -0.2) is 66.0 Å². The Bertz CT molecular complexity index is 607. The molecule has 29 heavy (non-hydrogen) atoms. The summed E-state index contributed by atoms with van der Waals surface area (Å²) in [4.78, 5) is 51.0. The van der Waals surface area contributed by atoms with E-state index in [1.165, 1.54) is 6.92 Å². The third kappa shape index (κ3) is 10.9. The number of carboxylic acid groups (broad SMARTS) is 1. The summed E-state index contributed by atoms with van der Waals surface area (Å²) < 4.78 is 0. The Morgan fingerprint density at radius 1 is 1.07 bits per heavy atom. The minimum Gasteiger partial charge on any atom is -0.480 e. The molecule has 3 amide bonds. The van der Waals surface area contributed by atoms with Crippen LogP contribution in [0.3, 0.4) is 0 Å². The van der Waals surface area contributed by atoms with E-state index < -0.39 is 41.8 Å². The highest BCUT2D eigenvalue weighted by molar-refractivity contribution is 5.92. The van der Waals surface area contributed by atoms with Gasteiger partial charge in [-0.05, 0) is 25.7 Å². The van der Waals surface area contributed by atoms with E-state index in [-0.39, 0.29) is 31.4 Å². The van der Waals surface area contributed by atoms with Crippen molar-refractivity contribution in [2.24, 2.45) is 28.1 Å². The number of amides is 3. The summed E-state index contributed by atoms with van der Waals surface area (Å²) in [7, 11) is 0. The first kappa shape index (κ1) is 26.1. The summed E-state index contributed by atoms with van der Waals surface area (Å²) in [5.41, 5.74) is 16.1. The highest BCUT2D eigenvalue weighted by Crippen LogP contribution is 2.04. The second kappa shape index (κ2) is 13.3. The van der Waals surface area contributed by atoms with E-state index in [0.29, 0.717) is 12.8 Å². The number of aliphatic imine (C=N–C) groups is 1. The Hall–Kier alpha value is -2.89. The van der Waals surface area contributed by atoms with E-state index in [4.69, 9.17) is 17.2 Å². The molecule has 12 nitrogen and oxygen atoms in total. The van der Waals surface area contributed by atoms with Gasteiger partial charge in [-0.3, -0.25) is 19.4 Å². The molecule has 10 N–H and O–H groups in total. The minimum atomic E-state index is -1.21. The molecular formula is C17H33N7O5. The van der Waals surface area contributed by atoms with Crippen LogP contribution in [0.15, 0.2) is 4.99 Å². The monoisotopic (exact) mass is 415 g/mol. The standard InChI is InChI=1S/C17H33N7O5/c1-4-9(2)13(18)15(27)22-8-12(25)23-10(3)14(26)24-11(16(28)29)6-5-7-21-17(19)20/h9-11,13H,4-8,18H2,1-3H3,(H,22,27)(H,23,25)(H,24,26)(H,28,29)(H4,19,20,21). The van der Waals surface area contributed by atoms with Gasteiger partial charge in [-0.25, -0.2) is 4.79 Å². The van der Waals surface area contributed by atoms with Gasteiger partial charge in [-0.1, -0.05) is 20.3 Å². The van der Waals surface area contributed by atoms with Crippen LogP contribution in [0, 0.1) is 5.92 Å². The van der Waals surface area contributed by atoms with Gasteiger partial charge in [0.05, 0.1) is 12.6 Å². The number of guanidine groups is 1. The Morgan fingerprint density at radius 2 is 1.69 bits per heavy atom. The van der Waals surface area contributed by atoms with Crippen molar-refractivity contribution in [1.82, 2.24) is 16.0 Å².